The first-order valence-electron chi connectivity index (χ1n) is 9.37. The van der Waals surface area contributed by atoms with Gasteiger partial charge in [-0.15, -0.1) is 0 Å². The van der Waals surface area contributed by atoms with Crippen LogP contribution in [0.2, 0.25) is 5.02 Å². The summed E-state index contributed by atoms with van der Waals surface area (Å²) >= 11 is 6.04. The fourth-order valence-corrected chi connectivity index (χ4v) is 3.82. The molecule has 29 heavy (non-hydrogen) atoms. The van der Waals surface area contributed by atoms with Gasteiger partial charge < -0.3 is 20.3 Å². The lowest BCUT2D eigenvalue weighted by Crippen LogP contribution is -2.43. The molecule has 0 aliphatic carbocycles. The molecule has 0 unspecified atom stereocenters. The largest absolute Gasteiger partial charge is 0.452 e. The Balaban J connectivity index is 1.39. The van der Waals surface area contributed by atoms with Crippen LogP contribution in [-0.2, 0) is 14.3 Å². The molecule has 0 saturated carbocycles. The molecule has 0 aromatic heterocycles. The molecule has 1 saturated heterocycles. The zero-order valence-electron chi connectivity index (χ0n) is 15.8. The number of esters is 1. The number of carbonyl (C=O) groups excluding carboxylic acids is 3. The number of nitrogens with one attached hydrogen (secondary N) is 2. The number of fused-ring (bicyclic) bond motifs is 3. The van der Waals surface area contributed by atoms with Gasteiger partial charge in [0.05, 0.1) is 16.9 Å². The average molecular weight is 414 g/mol. The van der Waals surface area contributed by atoms with Gasteiger partial charge in [-0.2, -0.15) is 0 Å². The monoisotopic (exact) mass is 413 g/mol. The van der Waals surface area contributed by atoms with Crippen LogP contribution in [0.4, 0.5) is 17.1 Å². The molecule has 1 atom stereocenters. The molecular weight excluding hydrogens is 394 g/mol. The van der Waals surface area contributed by atoms with E-state index in [1.54, 1.807) is 36.4 Å². The Hall–Kier alpha value is -3.06. The van der Waals surface area contributed by atoms with Gasteiger partial charge in [-0.3, -0.25) is 9.59 Å². The molecule has 2 heterocycles. The van der Waals surface area contributed by atoms with Crippen molar-refractivity contribution in [2.24, 2.45) is 0 Å². The summed E-state index contributed by atoms with van der Waals surface area (Å²) in [5, 5.41) is 6.03. The minimum absolute atomic E-state index is 0.0587. The first-order chi connectivity index (χ1) is 13.9. The standard InChI is InChI=1S/C21H20ClN3O4/c1-12-4-6-14(10-15(12)22)23-19(26)11-29-21(28)13-5-7-17-16(9-13)24-20(27)18-3-2-8-25(17)18/h4-7,9-10,18H,2-3,8,11H2,1H3,(H,23,26)(H,24,27)/t18-/m1/s1. The molecule has 0 bridgehead atoms. The van der Waals surface area contributed by atoms with E-state index in [0.717, 1.165) is 30.6 Å². The van der Waals surface area contributed by atoms with E-state index in [-0.39, 0.29) is 17.5 Å². The molecule has 1 fully saturated rings. The molecule has 2 amide bonds. The van der Waals surface area contributed by atoms with E-state index in [9.17, 15) is 14.4 Å². The van der Waals surface area contributed by atoms with Gasteiger partial charge in [-0.05, 0) is 55.7 Å². The van der Waals surface area contributed by atoms with Crippen LogP contribution in [-0.4, -0.2) is 37.0 Å². The summed E-state index contributed by atoms with van der Waals surface area (Å²) in [7, 11) is 0. The van der Waals surface area contributed by atoms with Crippen LogP contribution < -0.4 is 15.5 Å². The summed E-state index contributed by atoms with van der Waals surface area (Å²) < 4.78 is 5.11. The van der Waals surface area contributed by atoms with Gasteiger partial charge in [-0.1, -0.05) is 17.7 Å². The fraction of sp³-hybridized carbons (Fsp3) is 0.286. The Kier molecular flexibility index (Phi) is 5.15. The van der Waals surface area contributed by atoms with E-state index in [1.165, 1.54) is 0 Å². The van der Waals surface area contributed by atoms with Crippen LogP contribution >= 0.6 is 11.6 Å². The summed E-state index contributed by atoms with van der Waals surface area (Å²) in [6, 6.07) is 10.0. The van der Waals surface area contributed by atoms with Crippen LogP contribution in [0.15, 0.2) is 36.4 Å². The normalized spacial score (nSPS) is 17.2. The number of halogens is 1. The van der Waals surface area contributed by atoms with Crippen molar-refractivity contribution in [3.8, 4) is 0 Å². The number of hydrogen-bond donors (Lipinski definition) is 2. The summed E-state index contributed by atoms with van der Waals surface area (Å²) in [6.07, 6.45) is 1.79. The summed E-state index contributed by atoms with van der Waals surface area (Å²) in [6.45, 7) is 2.25. The molecule has 2 N–H and O–H groups in total. The van der Waals surface area contributed by atoms with E-state index in [4.69, 9.17) is 16.3 Å². The smallest absolute Gasteiger partial charge is 0.338 e. The third-order valence-corrected chi connectivity index (χ3v) is 5.55. The Morgan fingerprint density at radius 2 is 2.10 bits per heavy atom. The van der Waals surface area contributed by atoms with E-state index in [1.807, 2.05) is 6.92 Å². The second-order valence-corrected chi connectivity index (χ2v) is 7.57. The maximum atomic E-state index is 12.3. The number of amides is 2. The maximum Gasteiger partial charge on any atom is 0.338 e. The van der Waals surface area contributed by atoms with Gasteiger partial charge in [-0.25, -0.2) is 4.79 Å². The second-order valence-electron chi connectivity index (χ2n) is 7.16. The first kappa shape index (κ1) is 19.3. The fourth-order valence-electron chi connectivity index (χ4n) is 3.64. The van der Waals surface area contributed by atoms with E-state index in [0.29, 0.717) is 16.4 Å². The van der Waals surface area contributed by atoms with Gasteiger partial charge >= 0.3 is 5.97 Å². The Morgan fingerprint density at radius 1 is 1.28 bits per heavy atom. The predicted molar refractivity (Wildman–Crippen MR) is 111 cm³/mol. The lowest BCUT2D eigenvalue weighted by atomic mass is 10.1. The van der Waals surface area contributed by atoms with E-state index >= 15 is 0 Å². The number of rotatable bonds is 4. The molecule has 8 heteroatoms. The Morgan fingerprint density at radius 3 is 2.90 bits per heavy atom. The van der Waals surface area contributed by atoms with Crippen molar-refractivity contribution in [3.63, 3.8) is 0 Å². The zero-order valence-corrected chi connectivity index (χ0v) is 16.6. The number of nitrogens with zero attached hydrogens (tertiary/aromatic N) is 1. The summed E-state index contributed by atoms with van der Waals surface area (Å²) in [5.74, 6) is -1.16. The molecule has 0 spiro atoms. The number of carbonyl (C=O) groups is 3. The number of aryl methyl sites for hydroxylation is 1. The molecule has 2 aromatic carbocycles. The number of hydrogen-bond acceptors (Lipinski definition) is 5. The van der Waals surface area contributed by atoms with Crippen LogP contribution in [0, 0.1) is 6.92 Å². The molecule has 2 aliphatic rings. The molecule has 0 radical (unpaired) electrons. The molecule has 7 nitrogen and oxygen atoms in total. The van der Waals surface area contributed by atoms with Crippen molar-refractivity contribution in [2.75, 3.05) is 28.7 Å². The molecule has 150 valence electrons. The van der Waals surface area contributed by atoms with Crippen molar-refractivity contribution < 1.29 is 19.1 Å². The quantitative estimate of drug-likeness (QED) is 0.750. The highest BCUT2D eigenvalue weighted by Gasteiger charge is 2.36. The molecular formula is C21H20ClN3O4. The second kappa shape index (κ2) is 7.75. The lowest BCUT2D eigenvalue weighted by molar-refractivity contribution is -0.119. The highest BCUT2D eigenvalue weighted by Crippen LogP contribution is 2.37. The third kappa shape index (κ3) is 3.91. The topological polar surface area (TPSA) is 87.7 Å². The van der Waals surface area contributed by atoms with Crippen LogP contribution in [0.3, 0.4) is 0 Å². The minimum Gasteiger partial charge on any atom is -0.452 e. The lowest BCUT2D eigenvalue weighted by Gasteiger charge is -2.33. The Bertz CT molecular complexity index is 1010. The van der Waals surface area contributed by atoms with Gasteiger partial charge in [0.25, 0.3) is 5.91 Å². The SMILES string of the molecule is Cc1ccc(NC(=O)COC(=O)c2ccc3c(c2)NC(=O)[C@H]2CCCN32)cc1Cl. The van der Waals surface area contributed by atoms with Gasteiger partial charge in [0.2, 0.25) is 5.91 Å². The van der Waals surface area contributed by atoms with Crippen LogP contribution in [0.25, 0.3) is 0 Å². The first-order valence-corrected chi connectivity index (χ1v) is 9.75. The highest BCUT2D eigenvalue weighted by molar-refractivity contribution is 6.31. The predicted octanol–water partition coefficient (Wildman–Crippen LogP) is 3.36. The molecule has 2 aromatic rings. The maximum absolute atomic E-state index is 12.3. The summed E-state index contributed by atoms with van der Waals surface area (Å²) in [4.78, 5) is 38.7. The summed E-state index contributed by atoms with van der Waals surface area (Å²) in [5.41, 5.74) is 3.18. The van der Waals surface area contributed by atoms with Gasteiger partial charge in [0, 0.05) is 17.3 Å². The van der Waals surface area contributed by atoms with Gasteiger partial charge in [0.1, 0.15) is 6.04 Å². The molecule has 2 aliphatic heterocycles. The Labute approximate surface area is 173 Å². The van der Waals surface area contributed by atoms with Crippen molar-refractivity contribution in [2.45, 2.75) is 25.8 Å². The van der Waals surface area contributed by atoms with Crippen molar-refractivity contribution >= 4 is 46.4 Å². The molecule has 4 rings (SSSR count). The third-order valence-electron chi connectivity index (χ3n) is 5.14. The van der Waals surface area contributed by atoms with Crippen molar-refractivity contribution in [1.29, 1.82) is 0 Å². The average Bonchev–Trinajstić information content (AvgIpc) is 3.19. The minimum atomic E-state index is -0.636. The van der Waals surface area contributed by atoms with Crippen LogP contribution in [0.1, 0.15) is 28.8 Å². The van der Waals surface area contributed by atoms with E-state index < -0.39 is 18.5 Å². The number of benzene rings is 2. The number of ether oxygens (including phenoxy) is 1. The van der Waals surface area contributed by atoms with Crippen molar-refractivity contribution in [1.82, 2.24) is 0 Å². The number of anilines is 3. The zero-order chi connectivity index (χ0) is 20.5. The van der Waals surface area contributed by atoms with Crippen LogP contribution in [0.5, 0.6) is 0 Å². The van der Waals surface area contributed by atoms with Gasteiger partial charge in [0.15, 0.2) is 6.61 Å². The van der Waals surface area contributed by atoms with Crippen molar-refractivity contribution in [3.05, 3.63) is 52.5 Å². The van der Waals surface area contributed by atoms with E-state index in [2.05, 4.69) is 15.5 Å². The highest BCUT2D eigenvalue weighted by atomic mass is 35.5.